The van der Waals surface area contributed by atoms with Crippen LogP contribution in [-0.2, 0) is 11.4 Å². The average Bonchev–Trinajstić information content (AvgIpc) is 3.28. The highest BCUT2D eigenvalue weighted by Crippen LogP contribution is 2.39. The van der Waals surface area contributed by atoms with E-state index in [1.54, 1.807) is 13.0 Å². The lowest BCUT2D eigenvalue weighted by Gasteiger charge is -2.12. The van der Waals surface area contributed by atoms with Crippen molar-refractivity contribution in [1.82, 2.24) is 14.8 Å². The molecule has 1 aromatic carbocycles. The van der Waals surface area contributed by atoms with Crippen molar-refractivity contribution in [2.24, 2.45) is 0 Å². The molecule has 1 fully saturated rings. The summed E-state index contributed by atoms with van der Waals surface area (Å²) in [4.78, 5) is 11.5. The first kappa shape index (κ1) is 16.3. The van der Waals surface area contributed by atoms with Crippen LogP contribution >= 0.6 is 23.4 Å². The Morgan fingerprint density at radius 1 is 1.43 bits per heavy atom. The first-order valence-corrected chi connectivity index (χ1v) is 8.80. The van der Waals surface area contributed by atoms with Gasteiger partial charge in [-0.2, -0.15) is 0 Å². The fraction of sp³-hybridized carbons (Fsp3) is 0.438. The average molecular weight is 352 g/mol. The van der Waals surface area contributed by atoms with Crippen LogP contribution in [0.5, 0.6) is 5.75 Å². The van der Waals surface area contributed by atoms with Crippen LogP contribution in [0.4, 0.5) is 0 Å². The molecule has 23 heavy (non-hydrogen) atoms. The highest BCUT2D eigenvalue weighted by molar-refractivity contribution is 8.00. The molecule has 1 heterocycles. The first-order chi connectivity index (χ1) is 11.1. The second-order valence-electron chi connectivity index (χ2n) is 5.59. The van der Waals surface area contributed by atoms with Gasteiger partial charge in [0.15, 0.2) is 11.0 Å². The summed E-state index contributed by atoms with van der Waals surface area (Å²) >= 11 is 7.56. The number of benzene rings is 1. The van der Waals surface area contributed by atoms with Gasteiger partial charge in [0, 0.05) is 6.04 Å². The predicted octanol–water partition coefficient (Wildman–Crippen LogP) is 3.92. The van der Waals surface area contributed by atoms with E-state index in [-0.39, 0.29) is 11.0 Å². The highest BCUT2D eigenvalue weighted by atomic mass is 35.5. The van der Waals surface area contributed by atoms with Gasteiger partial charge in [0.25, 0.3) is 0 Å². The highest BCUT2D eigenvalue weighted by Gasteiger charge is 2.30. The smallest absolute Gasteiger partial charge is 0.192 e. The zero-order valence-corrected chi connectivity index (χ0v) is 14.6. The number of rotatable bonds is 7. The predicted molar refractivity (Wildman–Crippen MR) is 90.1 cm³/mol. The molecule has 0 bridgehead atoms. The van der Waals surface area contributed by atoms with Crippen LogP contribution in [0.15, 0.2) is 29.4 Å². The lowest BCUT2D eigenvalue weighted by atomic mass is 10.3. The normalized spacial score (nSPS) is 15.4. The molecular formula is C16H18ClN3O2S. The minimum Gasteiger partial charge on any atom is -0.484 e. The Morgan fingerprint density at radius 2 is 2.17 bits per heavy atom. The van der Waals surface area contributed by atoms with E-state index in [0.717, 1.165) is 23.8 Å². The van der Waals surface area contributed by atoms with Gasteiger partial charge >= 0.3 is 0 Å². The van der Waals surface area contributed by atoms with Crippen molar-refractivity contribution in [2.75, 3.05) is 0 Å². The molecule has 3 rings (SSSR count). The Hall–Kier alpha value is -1.53. The molecule has 0 saturated heterocycles. The summed E-state index contributed by atoms with van der Waals surface area (Å²) in [6.07, 6.45) is 2.22. The van der Waals surface area contributed by atoms with Crippen LogP contribution in [-0.4, -0.2) is 25.8 Å². The van der Waals surface area contributed by atoms with Crippen molar-refractivity contribution in [3.8, 4) is 5.75 Å². The Bertz CT molecular complexity index is 715. The number of halogens is 1. The zero-order chi connectivity index (χ0) is 16.4. The molecule has 122 valence electrons. The summed E-state index contributed by atoms with van der Waals surface area (Å²) in [7, 11) is 0. The monoisotopic (exact) mass is 351 g/mol. The van der Waals surface area contributed by atoms with E-state index in [1.165, 1.54) is 11.8 Å². The van der Waals surface area contributed by atoms with Crippen LogP contribution in [0.3, 0.4) is 0 Å². The zero-order valence-electron chi connectivity index (χ0n) is 13.0. The van der Waals surface area contributed by atoms with E-state index in [1.807, 2.05) is 25.1 Å². The third-order valence-corrected chi connectivity index (χ3v) is 5.18. The second-order valence-corrected chi connectivity index (χ2v) is 7.30. The van der Waals surface area contributed by atoms with Crippen LogP contribution in [0.25, 0.3) is 0 Å². The van der Waals surface area contributed by atoms with Crippen molar-refractivity contribution < 1.29 is 9.53 Å². The quantitative estimate of drug-likeness (QED) is 0.708. The van der Waals surface area contributed by atoms with E-state index in [2.05, 4.69) is 14.8 Å². The lowest BCUT2D eigenvalue weighted by Crippen LogP contribution is -2.11. The molecule has 0 spiro atoms. The largest absolute Gasteiger partial charge is 0.484 e. The maximum atomic E-state index is 11.5. The van der Waals surface area contributed by atoms with Gasteiger partial charge in [-0.1, -0.05) is 35.5 Å². The van der Waals surface area contributed by atoms with Crippen LogP contribution < -0.4 is 4.74 Å². The number of carbonyl (C=O) groups excluding carboxylic acids is 1. The number of carbonyl (C=O) groups is 1. The lowest BCUT2D eigenvalue weighted by molar-refractivity contribution is -0.116. The van der Waals surface area contributed by atoms with E-state index >= 15 is 0 Å². The van der Waals surface area contributed by atoms with E-state index in [4.69, 9.17) is 16.3 Å². The van der Waals surface area contributed by atoms with Gasteiger partial charge in [-0.15, -0.1) is 10.2 Å². The van der Waals surface area contributed by atoms with Gasteiger partial charge in [0.1, 0.15) is 18.1 Å². The number of hydrogen-bond donors (Lipinski definition) is 0. The molecular weight excluding hydrogens is 334 g/mol. The topological polar surface area (TPSA) is 57.0 Å². The number of aromatic nitrogens is 3. The number of ether oxygens (including phenoxy) is 1. The maximum Gasteiger partial charge on any atom is 0.192 e. The van der Waals surface area contributed by atoms with Gasteiger partial charge in [-0.05, 0) is 38.8 Å². The molecule has 1 saturated carbocycles. The minimum absolute atomic E-state index is 0.131. The van der Waals surface area contributed by atoms with Crippen LogP contribution in [0.2, 0.25) is 5.02 Å². The van der Waals surface area contributed by atoms with Crippen LogP contribution in [0, 0.1) is 0 Å². The summed E-state index contributed by atoms with van der Waals surface area (Å²) in [5.41, 5.74) is 0. The summed E-state index contributed by atoms with van der Waals surface area (Å²) in [6, 6.07) is 7.77. The first-order valence-electron chi connectivity index (χ1n) is 7.54. The molecule has 0 aliphatic heterocycles. The van der Waals surface area contributed by atoms with Gasteiger partial charge in [0.2, 0.25) is 0 Å². The third kappa shape index (κ3) is 3.87. The van der Waals surface area contributed by atoms with E-state index in [9.17, 15) is 4.79 Å². The fourth-order valence-electron chi connectivity index (χ4n) is 2.13. The SMILES string of the molecule is CC(=O)[C@H](C)Sc1nnc(COc2ccccc2Cl)n1C1CC1. The Morgan fingerprint density at radius 3 is 2.83 bits per heavy atom. The molecule has 0 amide bonds. The number of thioether (sulfide) groups is 1. The third-order valence-electron chi connectivity index (χ3n) is 3.70. The molecule has 0 radical (unpaired) electrons. The summed E-state index contributed by atoms with van der Waals surface area (Å²) in [5, 5.41) is 9.72. The molecule has 2 aromatic rings. The van der Waals surface area contributed by atoms with Crippen molar-refractivity contribution in [3.05, 3.63) is 35.1 Å². The molecule has 0 N–H and O–H groups in total. The number of ketones is 1. The number of hydrogen-bond acceptors (Lipinski definition) is 5. The van der Waals surface area contributed by atoms with Gasteiger partial charge in [0.05, 0.1) is 10.3 Å². The molecule has 7 heteroatoms. The Labute approximate surface area is 144 Å². The minimum atomic E-state index is -0.131. The summed E-state index contributed by atoms with van der Waals surface area (Å²) in [5.74, 6) is 1.53. The standard InChI is InChI=1S/C16H18ClN3O2S/c1-10(21)11(2)23-16-19-18-15(20(16)12-7-8-12)9-22-14-6-4-3-5-13(14)17/h3-6,11-12H,7-9H2,1-2H3/t11-/m0/s1. The van der Waals surface area contributed by atoms with Crippen molar-refractivity contribution in [2.45, 2.75) is 49.7 Å². The number of para-hydroxylation sites is 1. The Kier molecular flexibility index (Phi) is 4.92. The Balaban J connectivity index is 1.76. The number of nitrogens with zero attached hydrogens (tertiary/aromatic N) is 3. The van der Waals surface area contributed by atoms with E-state index in [0.29, 0.717) is 23.4 Å². The summed E-state index contributed by atoms with van der Waals surface area (Å²) < 4.78 is 7.87. The van der Waals surface area contributed by atoms with Crippen molar-refractivity contribution >= 4 is 29.1 Å². The van der Waals surface area contributed by atoms with Gasteiger partial charge in [-0.3, -0.25) is 9.36 Å². The maximum absolute atomic E-state index is 11.5. The van der Waals surface area contributed by atoms with E-state index < -0.39 is 0 Å². The van der Waals surface area contributed by atoms with Crippen LogP contribution in [0.1, 0.15) is 38.6 Å². The van der Waals surface area contributed by atoms with Gasteiger partial charge in [-0.25, -0.2) is 0 Å². The molecule has 1 aliphatic rings. The molecule has 1 atom stereocenters. The molecule has 1 aromatic heterocycles. The van der Waals surface area contributed by atoms with Gasteiger partial charge < -0.3 is 4.74 Å². The molecule has 0 unspecified atom stereocenters. The fourth-order valence-corrected chi connectivity index (χ4v) is 3.26. The van der Waals surface area contributed by atoms with Crippen molar-refractivity contribution in [3.63, 3.8) is 0 Å². The summed E-state index contributed by atoms with van der Waals surface area (Å²) in [6.45, 7) is 3.79. The second kappa shape index (κ2) is 6.93. The van der Waals surface area contributed by atoms with Crippen molar-refractivity contribution in [1.29, 1.82) is 0 Å². The molecule has 5 nitrogen and oxygen atoms in total. The number of Topliss-reactive ketones (excluding diaryl/α,β-unsaturated/α-hetero) is 1. The molecule has 1 aliphatic carbocycles.